The van der Waals surface area contributed by atoms with Crippen LogP contribution >= 0.6 is 0 Å². The molecule has 2 unspecified atom stereocenters. The molecule has 2 heterocycles. The van der Waals surface area contributed by atoms with Gasteiger partial charge in [0.15, 0.2) is 0 Å². The predicted octanol–water partition coefficient (Wildman–Crippen LogP) is 0.271. The lowest BCUT2D eigenvalue weighted by atomic mass is 9.58. The van der Waals surface area contributed by atoms with E-state index in [-0.39, 0.29) is 35.7 Å². The van der Waals surface area contributed by atoms with Gasteiger partial charge in [0.25, 0.3) is 5.91 Å². The van der Waals surface area contributed by atoms with E-state index in [1.807, 2.05) is 11.8 Å². The van der Waals surface area contributed by atoms with Crippen molar-refractivity contribution in [3.8, 4) is 0 Å². The van der Waals surface area contributed by atoms with Crippen molar-refractivity contribution in [3.05, 3.63) is 0 Å². The van der Waals surface area contributed by atoms with Gasteiger partial charge in [-0.3, -0.25) is 4.79 Å². The molecule has 1 saturated carbocycles. The number of rotatable bonds is 4. The third kappa shape index (κ3) is 2.66. The molecular formula is C16H28N2O4. The van der Waals surface area contributed by atoms with E-state index in [9.17, 15) is 9.90 Å². The van der Waals surface area contributed by atoms with E-state index < -0.39 is 0 Å². The summed E-state index contributed by atoms with van der Waals surface area (Å²) in [6.45, 7) is 4.52. The number of piperidine rings is 1. The van der Waals surface area contributed by atoms with Crippen molar-refractivity contribution in [3.63, 3.8) is 0 Å². The van der Waals surface area contributed by atoms with Crippen LogP contribution in [-0.2, 0) is 14.3 Å². The second kappa shape index (κ2) is 6.43. The summed E-state index contributed by atoms with van der Waals surface area (Å²) in [5.74, 6) is 0.0903. The molecule has 2 aliphatic heterocycles. The minimum atomic E-state index is -0.323. The number of carbonyl (C=O) groups excluding carboxylic acids is 1. The lowest BCUT2D eigenvalue weighted by Crippen LogP contribution is -2.63. The molecule has 2 saturated heterocycles. The van der Waals surface area contributed by atoms with Crippen LogP contribution in [0.15, 0.2) is 0 Å². The van der Waals surface area contributed by atoms with Crippen LogP contribution in [0.1, 0.15) is 39.0 Å². The molecular weight excluding hydrogens is 284 g/mol. The Morgan fingerprint density at radius 3 is 2.68 bits per heavy atom. The zero-order valence-electron chi connectivity index (χ0n) is 13.4. The Balaban J connectivity index is 1.54. The Labute approximate surface area is 131 Å². The smallest absolute Gasteiger partial charge is 0.251 e. The highest BCUT2D eigenvalue weighted by Gasteiger charge is 2.56. The average molecular weight is 312 g/mol. The van der Waals surface area contributed by atoms with Gasteiger partial charge in [-0.05, 0) is 32.6 Å². The molecule has 22 heavy (non-hydrogen) atoms. The third-order valence-electron chi connectivity index (χ3n) is 5.76. The fourth-order valence-electron chi connectivity index (χ4n) is 4.22. The number of aliphatic hydroxyl groups excluding tert-OH is 1. The molecule has 0 bridgehead atoms. The highest BCUT2D eigenvalue weighted by atomic mass is 16.5. The molecule has 0 aromatic carbocycles. The van der Waals surface area contributed by atoms with Gasteiger partial charge < -0.3 is 25.2 Å². The molecule has 4 atom stereocenters. The lowest BCUT2D eigenvalue weighted by Gasteiger charge is -2.56. The van der Waals surface area contributed by atoms with Crippen LogP contribution in [0.2, 0.25) is 0 Å². The quantitative estimate of drug-likeness (QED) is 0.778. The number of hydrogen-bond acceptors (Lipinski definition) is 5. The van der Waals surface area contributed by atoms with Gasteiger partial charge in [0.1, 0.15) is 6.10 Å². The van der Waals surface area contributed by atoms with Crippen LogP contribution in [0.3, 0.4) is 0 Å². The van der Waals surface area contributed by atoms with Crippen molar-refractivity contribution >= 4 is 5.91 Å². The number of nitrogens with zero attached hydrogens (tertiary/aromatic N) is 1. The summed E-state index contributed by atoms with van der Waals surface area (Å²) in [5, 5.41) is 10.2. The molecule has 1 spiro atoms. The Kier molecular flexibility index (Phi) is 4.73. The summed E-state index contributed by atoms with van der Waals surface area (Å²) in [5.41, 5.74) is 5.47. The van der Waals surface area contributed by atoms with E-state index in [0.29, 0.717) is 26.2 Å². The number of amides is 1. The van der Waals surface area contributed by atoms with Crippen molar-refractivity contribution in [1.29, 1.82) is 0 Å². The molecule has 3 N–H and O–H groups in total. The molecule has 6 heteroatoms. The van der Waals surface area contributed by atoms with E-state index in [1.54, 1.807) is 0 Å². The molecule has 3 aliphatic rings. The van der Waals surface area contributed by atoms with Gasteiger partial charge in [0, 0.05) is 38.1 Å². The maximum absolute atomic E-state index is 12.5. The Morgan fingerprint density at radius 1 is 1.41 bits per heavy atom. The summed E-state index contributed by atoms with van der Waals surface area (Å²) >= 11 is 0. The standard InChI is InChI=1S/C16H28N2O4/c1-2-21-14-9-13(19)16(14)5-7-18(8-6-16)15(20)12-4-3-11(10-17)22-12/h11-14,19H,2-10,17H2,1H3/t11-,12+,13?,14?/m1/s1. The molecule has 1 amide bonds. The summed E-state index contributed by atoms with van der Waals surface area (Å²) in [4.78, 5) is 14.4. The number of carbonyl (C=O) groups is 1. The number of likely N-dealkylation sites (tertiary alicyclic amines) is 1. The summed E-state index contributed by atoms with van der Waals surface area (Å²) in [6, 6.07) is 0. The maximum Gasteiger partial charge on any atom is 0.251 e. The van der Waals surface area contributed by atoms with Gasteiger partial charge in [-0.2, -0.15) is 0 Å². The third-order valence-corrected chi connectivity index (χ3v) is 5.76. The minimum Gasteiger partial charge on any atom is -0.392 e. The first-order valence-corrected chi connectivity index (χ1v) is 8.54. The van der Waals surface area contributed by atoms with Crippen molar-refractivity contribution in [2.24, 2.45) is 11.1 Å². The van der Waals surface area contributed by atoms with E-state index in [4.69, 9.17) is 15.2 Å². The monoisotopic (exact) mass is 312 g/mol. The SMILES string of the molecule is CCOC1CC(O)C12CCN(C(=O)[C@@H]1CC[C@H](CN)O1)CC2. The Bertz CT molecular complexity index is 407. The second-order valence-corrected chi connectivity index (χ2v) is 6.81. The number of nitrogens with two attached hydrogens (primary N) is 1. The normalized spacial score (nSPS) is 37.3. The maximum atomic E-state index is 12.5. The van der Waals surface area contributed by atoms with E-state index in [0.717, 1.165) is 32.1 Å². The summed E-state index contributed by atoms with van der Waals surface area (Å²) in [7, 11) is 0. The van der Waals surface area contributed by atoms with Crippen LogP contribution in [0.25, 0.3) is 0 Å². The highest BCUT2D eigenvalue weighted by molar-refractivity contribution is 5.81. The molecule has 3 rings (SSSR count). The molecule has 1 aliphatic carbocycles. The summed E-state index contributed by atoms with van der Waals surface area (Å²) < 4.78 is 11.5. The minimum absolute atomic E-state index is 0.0286. The van der Waals surface area contributed by atoms with E-state index >= 15 is 0 Å². The van der Waals surface area contributed by atoms with Crippen molar-refractivity contribution in [1.82, 2.24) is 4.90 Å². The molecule has 0 aromatic rings. The van der Waals surface area contributed by atoms with Gasteiger partial charge in [0.05, 0.1) is 18.3 Å². The zero-order chi connectivity index (χ0) is 15.7. The fraction of sp³-hybridized carbons (Fsp3) is 0.938. The zero-order valence-corrected chi connectivity index (χ0v) is 13.4. The predicted molar refractivity (Wildman–Crippen MR) is 81.2 cm³/mol. The fourth-order valence-corrected chi connectivity index (χ4v) is 4.22. The van der Waals surface area contributed by atoms with Gasteiger partial charge in [-0.15, -0.1) is 0 Å². The molecule has 0 radical (unpaired) electrons. The lowest BCUT2D eigenvalue weighted by molar-refractivity contribution is -0.211. The van der Waals surface area contributed by atoms with Crippen LogP contribution in [-0.4, -0.2) is 66.6 Å². The van der Waals surface area contributed by atoms with Gasteiger partial charge in [0.2, 0.25) is 0 Å². The topological polar surface area (TPSA) is 85.0 Å². The first-order valence-electron chi connectivity index (χ1n) is 8.54. The van der Waals surface area contributed by atoms with Crippen molar-refractivity contribution < 1.29 is 19.4 Å². The first-order chi connectivity index (χ1) is 10.6. The molecule has 0 aromatic heterocycles. The Hall–Kier alpha value is -0.690. The summed E-state index contributed by atoms with van der Waals surface area (Å²) in [6.07, 6.45) is 3.57. The van der Waals surface area contributed by atoms with Gasteiger partial charge in [-0.1, -0.05) is 0 Å². The van der Waals surface area contributed by atoms with Crippen LogP contribution in [0.4, 0.5) is 0 Å². The Morgan fingerprint density at radius 2 is 2.14 bits per heavy atom. The average Bonchev–Trinajstić information content (AvgIpc) is 3.03. The second-order valence-electron chi connectivity index (χ2n) is 6.81. The van der Waals surface area contributed by atoms with Gasteiger partial charge in [-0.25, -0.2) is 0 Å². The number of ether oxygens (including phenoxy) is 2. The van der Waals surface area contributed by atoms with Gasteiger partial charge >= 0.3 is 0 Å². The number of hydrogen-bond donors (Lipinski definition) is 2. The van der Waals surface area contributed by atoms with E-state index in [1.165, 1.54) is 0 Å². The first kappa shape index (κ1) is 16.2. The van der Waals surface area contributed by atoms with Crippen LogP contribution < -0.4 is 5.73 Å². The number of aliphatic hydroxyl groups is 1. The van der Waals surface area contributed by atoms with Crippen LogP contribution in [0.5, 0.6) is 0 Å². The van der Waals surface area contributed by atoms with Crippen LogP contribution in [0, 0.1) is 5.41 Å². The highest BCUT2D eigenvalue weighted by Crippen LogP contribution is 2.51. The van der Waals surface area contributed by atoms with E-state index in [2.05, 4.69) is 0 Å². The van der Waals surface area contributed by atoms with Crippen molar-refractivity contribution in [2.45, 2.75) is 63.4 Å². The largest absolute Gasteiger partial charge is 0.392 e. The molecule has 126 valence electrons. The molecule has 3 fully saturated rings. The van der Waals surface area contributed by atoms with Crippen molar-refractivity contribution in [2.75, 3.05) is 26.2 Å². The molecule has 6 nitrogen and oxygen atoms in total.